The average Bonchev–Trinajstić information content (AvgIpc) is 2.04. The van der Waals surface area contributed by atoms with Gasteiger partial charge in [0, 0.05) is 0 Å². The van der Waals surface area contributed by atoms with Crippen LogP contribution < -0.4 is 0 Å². The van der Waals surface area contributed by atoms with E-state index in [1.54, 1.807) is 19.1 Å². The highest BCUT2D eigenvalue weighted by Gasteiger charge is 1.79. The number of hydrogen-bond acceptors (Lipinski definition) is 1. The maximum absolute atomic E-state index is 10.2. The quantitative estimate of drug-likeness (QED) is 0.353. The van der Waals surface area contributed by atoms with Gasteiger partial charge in [0.05, 0.1) is 0 Å². The number of aldehydes is 1. The second-order valence-electron chi connectivity index (χ2n) is 2.53. The fraction of sp³-hybridized carbons (Fsp3) is 0.182. The molecule has 0 rings (SSSR count). The lowest BCUT2D eigenvalue weighted by molar-refractivity contribution is -0.104. The van der Waals surface area contributed by atoms with E-state index in [-0.39, 0.29) is 0 Å². The highest BCUT2D eigenvalue weighted by atomic mass is 16.1. The Labute approximate surface area is 73.8 Å². The van der Waals surface area contributed by atoms with E-state index < -0.39 is 0 Å². The molecule has 0 amide bonds. The summed E-state index contributed by atoms with van der Waals surface area (Å²) in [5.74, 6) is 0. The number of carbonyl (C=O) groups excluding carboxylic acids is 1. The van der Waals surface area contributed by atoms with Crippen molar-refractivity contribution in [1.29, 1.82) is 0 Å². The summed E-state index contributed by atoms with van der Waals surface area (Å²) in [7, 11) is 0. The Morgan fingerprint density at radius 2 is 1.83 bits per heavy atom. The van der Waals surface area contributed by atoms with Crippen molar-refractivity contribution in [3.63, 3.8) is 0 Å². The van der Waals surface area contributed by atoms with E-state index in [9.17, 15) is 4.79 Å². The van der Waals surface area contributed by atoms with E-state index in [1.165, 1.54) is 0 Å². The molecule has 0 aliphatic carbocycles. The van der Waals surface area contributed by atoms with Gasteiger partial charge in [0.2, 0.25) is 0 Å². The largest absolute Gasteiger partial charge is 0.298 e. The van der Waals surface area contributed by atoms with Crippen molar-refractivity contribution in [3.05, 3.63) is 48.1 Å². The summed E-state index contributed by atoms with van der Waals surface area (Å²) in [6.45, 7) is 7.32. The van der Waals surface area contributed by atoms with Crippen LogP contribution in [0.2, 0.25) is 0 Å². The maximum Gasteiger partial charge on any atom is 0.145 e. The summed E-state index contributed by atoms with van der Waals surface area (Å²) in [5, 5.41) is 0. The van der Waals surface area contributed by atoms with E-state index >= 15 is 0 Å². The molecule has 0 saturated heterocycles. The summed E-state index contributed by atoms with van der Waals surface area (Å²) >= 11 is 0. The summed E-state index contributed by atoms with van der Waals surface area (Å²) in [5.41, 5.74) is 1.83. The van der Waals surface area contributed by atoms with Gasteiger partial charge in [-0.15, -0.1) is 0 Å². The molecule has 0 atom stereocenters. The van der Waals surface area contributed by atoms with Crippen LogP contribution in [0.1, 0.15) is 13.8 Å². The highest BCUT2D eigenvalue weighted by molar-refractivity contribution is 5.72. The summed E-state index contributed by atoms with van der Waals surface area (Å²) in [6, 6.07) is 0. The van der Waals surface area contributed by atoms with Crippen molar-refractivity contribution in [2.45, 2.75) is 13.8 Å². The van der Waals surface area contributed by atoms with Crippen LogP contribution in [-0.2, 0) is 4.79 Å². The third-order valence-electron chi connectivity index (χ3n) is 1.28. The Balaban J connectivity index is 4.16. The molecular formula is C11H14O. The van der Waals surface area contributed by atoms with Gasteiger partial charge in [0.1, 0.15) is 6.29 Å². The van der Waals surface area contributed by atoms with E-state index in [2.05, 4.69) is 6.58 Å². The number of rotatable bonds is 4. The van der Waals surface area contributed by atoms with Gasteiger partial charge in [-0.3, -0.25) is 4.79 Å². The second kappa shape index (κ2) is 6.35. The summed E-state index contributed by atoms with van der Waals surface area (Å²) in [6.07, 6.45) is 10.0. The van der Waals surface area contributed by atoms with E-state index in [4.69, 9.17) is 0 Å². The standard InChI is InChI=1S/C11H14O/c1-4-6-10(2)7-5-8-11(3)9-12/h4-9H,1H2,2-3H3. The van der Waals surface area contributed by atoms with Crippen LogP contribution in [0.15, 0.2) is 48.1 Å². The van der Waals surface area contributed by atoms with Crippen molar-refractivity contribution in [2.24, 2.45) is 0 Å². The molecule has 0 N–H and O–H groups in total. The molecule has 0 radical (unpaired) electrons. The molecule has 0 heterocycles. The first-order valence-corrected chi connectivity index (χ1v) is 3.80. The van der Waals surface area contributed by atoms with Crippen LogP contribution in [0.4, 0.5) is 0 Å². The monoisotopic (exact) mass is 162 g/mol. The summed E-state index contributed by atoms with van der Waals surface area (Å²) in [4.78, 5) is 10.2. The number of carbonyl (C=O) groups is 1. The molecule has 1 heteroatoms. The van der Waals surface area contributed by atoms with Crippen molar-refractivity contribution < 1.29 is 4.79 Å². The average molecular weight is 162 g/mol. The third kappa shape index (κ3) is 5.42. The molecule has 0 aromatic carbocycles. The van der Waals surface area contributed by atoms with Gasteiger partial charge in [-0.2, -0.15) is 0 Å². The Kier molecular flexibility index (Phi) is 5.62. The van der Waals surface area contributed by atoms with Gasteiger partial charge in [-0.05, 0) is 19.4 Å². The van der Waals surface area contributed by atoms with Crippen LogP contribution in [-0.4, -0.2) is 6.29 Å². The zero-order valence-electron chi connectivity index (χ0n) is 7.58. The van der Waals surface area contributed by atoms with Crippen LogP contribution in [0, 0.1) is 0 Å². The molecule has 12 heavy (non-hydrogen) atoms. The van der Waals surface area contributed by atoms with Crippen LogP contribution in [0.3, 0.4) is 0 Å². The topological polar surface area (TPSA) is 17.1 Å². The van der Waals surface area contributed by atoms with Crippen LogP contribution in [0.5, 0.6) is 0 Å². The van der Waals surface area contributed by atoms with Crippen molar-refractivity contribution in [2.75, 3.05) is 0 Å². The van der Waals surface area contributed by atoms with E-state index in [1.807, 2.05) is 25.2 Å². The van der Waals surface area contributed by atoms with Crippen LogP contribution >= 0.6 is 0 Å². The Bertz CT molecular complexity index is 242. The second-order valence-corrected chi connectivity index (χ2v) is 2.53. The first-order valence-electron chi connectivity index (χ1n) is 3.80. The molecule has 0 unspecified atom stereocenters. The smallest absolute Gasteiger partial charge is 0.145 e. The molecule has 1 nitrogen and oxygen atoms in total. The number of allylic oxidation sites excluding steroid dienone is 7. The maximum atomic E-state index is 10.2. The fourth-order valence-electron chi connectivity index (χ4n) is 0.632. The van der Waals surface area contributed by atoms with Gasteiger partial charge in [0.15, 0.2) is 0 Å². The lowest BCUT2D eigenvalue weighted by atomic mass is 10.2. The van der Waals surface area contributed by atoms with Gasteiger partial charge in [0.25, 0.3) is 0 Å². The SMILES string of the molecule is C=CC=C(C)C=CC=C(C)C=O. The molecule has 0 spiro atoms. The van der Waals surface area contributed by atoms with Crippen molar-refractivity contribution in [3.8, 4) is 0 Å². The zero-order chi connectivity index (χ0) is 9.40. The lowest BCUT2D eigenvalue weighted by Crippen LogP contribution is -1.72. The van der Waals surface area contributed by atoms with E-state index in [0.29, 0.717) is 0 Å². The molecular weight excluding hydrogens is 148 g/mol. The predicted molar refractivity (Wildman–Crippen MR) is 52.9 cm³/mol. The first-order chi connectivity index (χ1) is 5.70. The van der Waals surface area contributed by atoms with E-state index in [0.717, 1.165) is 17.4 Å². The lowest BCUT2D eigenvalue weighted by Gasteiger charge is -1.86. The Morgan fingerprint density at radius 3 is 2.33 bits per heavy atom. The minimum Gasteiger partial charge on any atom is -0.298 e. The Hall–Kier alpha value is -1.37. The van der Waals surface area contributed by atoms with Gasteiger partial charge >= 0.3 is 0 Å². The normalized spacial score (nSPS) is 13.5. The van der Waals surface area contributed by atoms with Crippen LogP contribution in [0.25, 0.3) is 0 Å². The van der Waals surface area contributed by atoms with Gasteiger partial charge in [-0.1, -0.05) is 42.5 Å². The Morgan fingerprint density at radius 1 is 1.17 bits per heavy atom. The number of hydrogen-bond donors (Lipinski definition) is 0. The van der Waals surface area contributed by atoms with Crippen molar-refractivity contribution in [1.82, 2.24) is 0 Å². The third-order valence-corrected chi connectivity index (χ3v) is 1.28. The molecule has 0 aromatic rings. The minimum absolute atomic E-state index is 0.720. The van der Waals surface area contributed by atoms with Gasteiger partial charge in [-0.25, -0.2) is 0 Å². The molecule has 0 aliphatic heterocycles. The highest BCUT2D eigenvalue weighted by Crippen LogP contribution is 1.96. The molecule has 0 saturated carbocycles. The van der Waals surface area contributed by atoms with Gasteiger partial charge < -0.3 is 0 Å². The molecule has 0 fully saturated rings. The zero-order valence-corrected chi connectivity index (χ0v) is 7.58. The first kappa shape index (κ1) is 10.6. The minimum atomic E-state index is 0.720. The fourth-order valence-corrected chi connectivity index (χ4v) is 0.632. The summed E-state index contributed by atoms with van der Waals surface area (Å²) < 4.78 is 0. The van der Waals surface area contributed by atoms with Crippen molar-refractivity contribution >= 4 is 6.29 Å². The molecule has 0 aliphatic rings. The molecule has 0 bridgehead atoms. The molecule has 0 aromatic heterocycles. The molecule has 64 valence electrons. The predicted octanol–water partition coefficient (Wildman–Crippen LogP) is 2.82.